The van der Waals surface area contributed by atoms with E-state index >= 15 is 0 Å². The smallest absolute Gasteiger partial charge is 0.113 e. The Labute approximate surface area is 102 Å². The lowest BCUT2D eigenvalue weighted by molar-refractivity contribution is 1.15. The number of nitrogens with zero attached hydrogens (tertiary/aromatic N) is 1. The molecule has 0 aliphatic carbocycles. The Bertz CT molecular complexity index is 551. The maximum atomic E-state index is 6.08. The summed E-state index contributed by atoms with van der Waals surface area (Å²) in [6.07, 6.45) is 3.20. The van der Waals surface area contributed by atoms with Crippen molar-refractivity contribution in [2.45, 2.75) is 0 Å². The molecular formula is C10H6Cl2N2S. The lowest BCUT2D eigenvalue weighted by Gasteiger charge is -2.04. The van der Waals surface area contributed by atoms with Crippen LogP contribution < -0.4 is 0 Å². The molecule has 1 heterocycles. The highest BCUT2D eigenvalue weighted by Crippen LogP contribution is 2.32. The molecule has 0 aliphatic heterocycles. The Morgan fingerprint density at radius 3 is 2.73 bits per heavy atom. The van der Waals surface area contributed by atoms with Crippen LogP contribution in [0.3, 0.4) is 0 Å². The van der Waals surface area contributed by atoms with Gasteiger partial charge in [0.25, 0.3) is 0 Å². The lowest BCUT2D eigenvalue weighted by Crippen LogP contribution is -1.86. The van der Waals surface area contributed by atoms with Gasteiger partial charge >= 0.3 is 0 Å². The van der Waals surface area contributed by atoms with Crippen LogP contribution >= 0.6 is 35.4 Å². The Morgan fingerprint density at radius 2 is 2.00 bits per heavy atom. The molecule has 0 spiro atoms. The fourth-order valence-corrected chi connectivity index (χ4v) is 1.87. The van der Waals surface area contributed by atoms with Gasteiger partial charge in [-0.25, -0.2) is 4.98 Å². The van der Waals surface area contributed by atoms with Crippen LogP contribution in [0.5, 0.6) is 0 Å². The molecule has 2 aromatic rings. The molecule has 0 atom stereocenters. The summed E-state index contributed by atoms with van der Waals surface area (Å²) in [5.74, 6) is 0. The third kappa shape index (κ3) is 2.04. The fraction of sp³-hybridized carbons (Fsp3) is 0. The van der Waals surface area contributed by atoms with Crippen molar-refractivity contribution in [3.8, 4) is 11.1 Å². The van der Waals surface area contributed by atoms with Crippen molar-refractivity contribution < 1.29 is 0 Å². The zero-order valence-electron chi connectivity index (χ0n) is 7.50. The number of aromatic nitrogens is 2. The van der Waals surface area contributed by atoms with Crippen LogP contribution in [-0.4, -0.2) is 9.97 Å². The monoisotopic (exact) mass is 256 g/mol. The van der Waals surface area contributed by atoms with Crippen LogP contribution in [0.25, 0.3) is 11.1 Å². The van der Waals surface area contributed by atoms with Crippen molar-refractivity contribution in [1.29, 1.82) is 0 Å². The third-order valence-corrected chi connectivity index (χ3v) is 3.12. The van der Waals surface area contributed by atoms with Gasteiger partial charge in [-0.1, -0.05) is 47.6 Å². The molecule has 0 aliphatic rings. The molecule has 1 aromatic carbocycles. The molecule has 1 aromatic heterocycles. The average molecular weight is 257 g/mol. The number of hydrogen-bond donors (Lipinski definition) is 1. The predicted octanol–water partition coefficient (Wildman–Crippen LogP) is 4.11. The van der Waals surface area contributed by atoms with Gasteiger partial charge in [0.05, 0.1) is 16.4 Å². The summed E-state index contributed by atoms with van der Waals surface area (Å²) in [7, 11) is 0. The quantitative estimate of drug-likeness (QED) is 0.778. The minimum absolute atomic E-state index is 0.492. The fourth-order valence-electron chi connectivity index (χ4n) is 1.25. The second-order valence-electron chi connectivity index (χ2n) is 2.90. The van der Waals surface area contributed by atoms with E-state index in [1.807, 2.05) is 12.1 Å². The molecular weight excluding hydrogens is 251 g/mol. The summed E-state index contributed by atoms with van der Waals surface area (Å²) in [6, 6.07) is 5.41. The standard InChI is InChI=1S/C10H6Cl2N2S/c11-8-3-1-2-6(9(8)12)7-4-13-5-14-10(7)15/h1-5H,(H,13,14,15). The van der Waals surface area contributed by atoms with E-state index in [1.54, 1.807) is 12.3 Å². The van der Waals surface area contributed by atoms with Gasteiger partial charge in [0.2, 0.25) is 0 Å². The second-order valence-corrected chi connectivity index (χ2v) is 4.09. The number of benzene rings is 1. The highest BCUT2D eigenvalue weighted by atomic mass is 35.5. The van der Waals surface area contributed by atoms with Crippen LogP contribution in [0.1, 0.15) is 0 Å². The molecule has 0 amide bonds. The van der Waals surface area contributed by atoms with Crippen LogP contribution in [0, 0.1) is 4.64 Å². The summed E-state index contributed by atoms with van der Waals surface area (Å²) in [4.78, 5) is 6.82. The molecule has 15 heavy (non-hydrogen) atoms. The van der Waals surface area contributed by atoms with E-state index in [2.05, 4.69) is 9.97 Å². The molecule has 5 heteroatoms. The Kier molecular flexibility index (Phi) is 3.05. The predicted molar refractivity (Wildman–Crippen MR) is 64.9 cm³/mol. The Hall–Kier alpha value is -0.900. The van der Waals surface area contributed by atoms with Crippen molar-refractivity contribution in [1.82, 2.24) is 9.97 Å². The highest BCUT2D eigenvalue weighted by Gasteiger charge is 2.07. The summed E-state index contributed by atoms with van der Waals surface area (Å²) < 4.78 is 0.592. The number of halogens is 2. The first-order valence-electron chi connectivity index (χ1n) is 4.17. The minimum atomic E-state index is 0.492. The number of aromatic amines is 1. The van der Waals surface area contributed by atoms with Crippen LogP contribution in [0.2, 0.25) is 10.0 Å². The molecule has 0 bridgehead atoms. The van der Waals surface area contributed by atoms with E-state index < -0.39 is 0 Å². The van der Waals surface area contributed by atoms with Crippen molar-refractivity contribution in [3.05, 3.63) is 45.4 Å². The molecule has 0 radical (unpaired) electrons. The first-order valence-corrected chi connectivity index (χ1v) is 5.33. The van der Waals surface area contributed by atoms with Gasteiger partial charge < -0.3 is 4.98 Å². The van der Waals surface area contributed by atoms with E-state index in [1.165, 1.54) is 6.33 Å². The van der Waals surface area contributed by atoms with Crippen molar-refractivity contribution in [2.75, 3.05) is 0 Å². The van der Waals surface area contributed by atoms with Gasteiger partial charge in [-0.2, -0.15) is 0 Å². The maximum Gasteiger partial charge on any atom is 0.113 e. The Balaban J connectivity index is 2.70. The van der Waals surface area contributed by atoms with Crippen LogP contribution in [-0.2, 0) is 0 Å². The van der Waals surface area contributed by atoms with Gasteiger partial charge in [0.15, 0.2) is 0 Å². The van der Waals surface area contributed by atoms with Crippen LogP contribution in [0.15, 0.2) is 30.7 Å². The molecule has 2 rings (SSSR count). The minimum Gasteiger partial charge on any atom is -0.337 e. The summed E-state index contributed by atoms with van der Waals surface area (Å²) in [5.41, 5.74) is 1.57. The zero-order chi connectivity index (χ0) is 10.8. The molecule has 1 N–H and O–H groups in total. The van der Waals surface area contributed by atoms with E-state index in [0.29, 0.717) is 14.7 Å². The number of hydrogen-bond acceptors (Lipinski definition) is 2. The van der Waals surface area contributed by atoms with E-state index in [0.717, 1.165) is 11.1 Å². The number of nitrogens with one attached hydrogen (secondary N) is 1. The van der Waals surface area contributed by atoms with Crippen molar-refractivity contribution in [2.24, 2.45) is 0 Å². The molecule has 2 nitrogen and oxygen atoms in total. The zero-order valence-corrected chi connectivity index (χ0v) is 9.83. The molecule has 0 unspecified atom stereocenters. The highest BCUT2D eigenvalue weighted by molar-refractivity contribution is 7.71. The third-order valence-electron chi connectivity index (χ3n) is 1.96. The van der Waals surface area contributed by atoms with Gasteiger partial charge in [0, 0.05) is 17.3 Å². The first kappa shape index (κ1) is 10.6. The largest absolute Gasteiger partial charge is 0.337 e. The molecule has 76 valence electrons. The summed E-state index contributed by atoms with van der Waals surface area (Å²) in [5, 5.41) is 0.999. The molecule has 0 fully saturated rings. The van der Waals surface area contributed by atoms with Crippen molar-refractivity contribution >= 4 is 35.4 Å². The lowest BCUT2D eigenvalue weighted by atomic mass is 10.1. The summed E-state index contributed by atoms with van der Waals surface area (Å²) >= 11 is 17.1. The van der Waals surface area contributed by atoms with Gasteiger partial charge in [-0.15, -0.1) is 0 Å². The van der Waals surface area contributed by atoms with E-state index in [9.17, 15) is 0 Å². The van der Waals surface area contributed by atoms with Gasteiger partial charge in [0.1, 0.15) is 4.64 Å². The molecule has 0 saturated carbocycles. The SMILES string of the molecule is S=c1[nH]cncc1-c1cccc(Cl)c1Cl. The molecule has 0 saturated heterocycles. The van der Waals surface area contributed by atoms with Crippen molar-refractivity contribution in [3.63, 3.8) is 0 Å². The normalized spacial score (nSPS) is 10.3. The van der Waals surface area contributed by atoms with E-state index in [-0.39, 0.29) is 0 Å². The maximum absolute atomic E-state index is 6.08. The van der Waals surface area contributed by atoms with Gasteiger partial charge in [-0.05, 0) is 6.07 Å². The van der Waals surface area contributed by atoms with Crippen LogP contribution in [0.4, 0.5) is 0 Å². The van der Waals surface area contributed by atoms with Gasteiger partial charge in [-0.3, -0.25) is 0 Å². The Morgan fingerprint density at radius 1 is 1.20 bits per heavy atom. The average Bonchev–Trinajstić information content (AvgIpc) is 2.23. The second kappa shape index (κ2) is 4.31. The van der Waals surface area contributed by atoms with E-state index in [4.69, 9.17) is 35.4 Å². The summed E-state index contributed by atoms with van der Waals surface area (Å²) in [6.45, 7) is 0. The number of H-pyrrole nitrogens is 1. The topological polar surface area (TPSA) is 28.7 Å². The first-order chi connectivity index (χ1) is 7.20. The number of rotatable bonds is 1.